The molecular weight excluding hydrogens is 351 g/mol. The topological polar surface area (TPSA) is 50.4 Å². The molecule has 2 amide bonds. The van der Waals surface area contributed by atoms with E-state index in [1.54, 1.807) is 36.0 Å². The van der Waals surface area contributed by atoms with Gasteiger partial charge in [-0.15, -0.1) is 11.8 Å². The van der Waals surface area contributed by atoms with E-state index in [-0.39, 0.29) is 17.9 Å². The number of methoxy groups -OCH3 is 1. The highest BCUT2D eigenvalue weighted by molar-refractivity contribution is 7.99. The normalized spacial score (nSPS) is 16.2. The number of carbonyl (C=O) groups is 1. The van der Waals surface area contributed by atoms with Gasteiger partial charge in [0, 0.05) is 16.3 Å². The summed E-state index contributed by atoms with van der Waals surface area (Å²) in [6.45, 7) is 0. The van der Waals surface area contributed by atoms with Crippen LogP contribution in [-0.2, 0) is 0 Å². The lowest BCUT2D eigenvalue weighted by atomic mass is 10.0. The fourth-order valence-electron chi connectivity index (χ4n) is 2.58. The van der Waals surface area contributed by atoms with Gasteiger partial charge in [0.2, 0.25) is 0 Å². The first kappa shape index (κ1) is 16.9. The Hall–Kier alpha value is -1.92. The number of urea groups is 1. The number of fused-ring (bicyclic) bond motifs is 1. The molecule has 0 aliphatic carbocycles. The molecule has 0 radical (unpaired) electrons. The van der Waals surface area contributed by atoms with Crippen molar-refractivity contribution in [3.8, 4) is 5.75 Å². The predicted molar refractivity (Wildman–Crippen MR) is 94.6 cm³/mol. The SMILES string of the molecule is COc1ccc(NC(=O)NC2CCSc3ccc(F)cc32)cc1Cl. The number of thioether (sulfide) groups is 1. The zero-order valence-corrected chi connectivity index (χ0v) is 14.5. The van der Waals surface area contributed by atoms with Gasteiger partial charge in [0.15, 0.2) is 0 Å². The monoisotopic (exact) mass is 366 g/mol. The van der Waals surface area contributed by atoms with Crippen molar-refractivity contribution in [2.24, 2.45) is 0 Å². The maximum atomic E-state index is 13.5. The molecule has 0 saturated heterocycles. The quantitative estimate of drug-likeness (QED) is 0.816. The molecule has 1 aliphatic rings. The third kappa shape index (κ3) is 3.76. The van der Waals surface area contributed by atoms with Crippen molar-refractivity contribution in [1.29, 1.82) is 0 Å². The Morgan fingerprint density at radius 1 is 1.33 bits per heavy atom. The minimum atomic E-state index is -0.358. The van der Waals surface area contributed by atoms with Gasteiger partial charge < -0.3 is 15.4 Å². The van der Waals surface area contributed by atoms with E-state index in [9.17, 15) is 9.18 Å². The summed E-state index contributed by atoms with van der Waals surface area (Å²) in [4.78, 5) is 13.2. The van der Waals surface area contributed by atoms with Gasteiger partial charge in [0.1, 0.15) is 11.6 Å². The lowest BCUT2D eigenvalue weighted by molar-refractivity contribution is 0.248. The molecule has 2 aromatic rings. The lowest BCUT2D eigenvalue weighted by Crippen LogP contribution is -2.34. The minimum absolute atomic E-state index is 0.217. The zero-order chi connectivity index (χ0) is 17.1. The average molecular weight is 367 g/mol. The first-order valence-electron chi connectivity index (χ1n) is 7.40. The second-order valence-corrected chi connectivity index (χ2v) is 6.86. The van der Waals surface area contributed by atoms with E-state index >= 15 is 0 Å². The molecule has 1 heterocycles. The van der Waals surface area contributed by atoms with Crippen molar-refractivity contribution in [2.45, 2.75) is 17.4 Å². The summed E-state index contributed by atoms with van der Waals surface area (Å²) in [5, 5.41) is 6.04. The van der Waals surface area contributed by atoms with Crippen LogP contribution in [0.2, 0.25) is 5.02 Å². The second kappa shape index (κ2) is 7.32. The highest BCUT2D eigenvalue weighted by atomic mass is 35.5. The standard InChI is InChI=1S/C17H16ClFN2O2S/c1-23-15-4-3-11(9-13(15)18)20-17(22)21-14-6-7-24-16-5-2-10(19)8-12(14)16/h2-5,8-9,14H,6-7H2,1H3,(H2,20,21,22). The fourth-order valence-corrected chi connectivity index (χ4v) is 3.95. The molecule has 0 fully saturated rings. The van der Waals surface area contributed by atoms with Crippen molar-refractivity contribution in [3.63, 3.8) is 0 Å². The van der Waals surface area contributed by atoms with E-state index in [4.69, 9.17) is 16.3 Å². The summed E-state index contributed by atoms with van der Waals surface area (Å²) < 4.78 is 18.6. The van der Waals surface area contributed by atoms with Crippen LogP contribution in [0.3, 0.4) is 0 Å². The molecule has 2 N–H and O–H groups in total. The lowest BCUT2D eigenvalue weighted by Gasteiger charge is -2.26. The maximum absolute atomic E-state index is 13.5. The van der Waals surface area contributed by atoms with Crippen LogP contribution in [-0.4, -0.2) is 18.9 Å². The highest BCUT2D eigenvalue weighted by Crippen LogP contribution is 2.36. The number of benzene rings is 2. The molecule has 24 heavy (non-hydrogen) atoms. The summed E-state index contributed by atoms with van der Waals surface area (Å²) in [7, 11) is 1.53. The van der Waals surface area contributed by atoms with Gasteiger partial charge in [0.05, 0.1) is 18.2 Å². The van der Waals surface area contributed by atoms with E-state index in [0.717, 1.165) is 22.6 Å². The third-order valence-electron chi connectivity index (χ3n) is 3.73. The van der Waals surface area contributed by atoms with E-state index in [0.29, 0.717) is 16.5 Å². The number of amides is 2. The predicted octanol–water partition coefficient (Wildman–Crippen LogP) is 4.85. The number of hydrogen-bond acceptors (Lipinski definition) is 3. The van der Waals surface area contributed by atoms with E-state index in [1.165, 1.54) is 19.2 Å². The molecule has 0 saturated carbocycles. The number of nitrogens with one attached hydrogen (secondary N) is 2. The molecular formula is C17H16ClFN2O2S. The molecule has 0 bridgehead atoms. The Kier molecular flexibility index (Phi) is 5.16. The Morgan fingerprint density at radius 3 is 2.92 bits per heavy atom. The Balaban J connectivity index is 1.70. The molecule has 3 rings (SSSR count). The van der Waals surface area contributed by atoms with Crippen LogP contribution in [0.4, 0.5) is 14.9 Å². The number of rotatable bonds is 3. The van der Waals surface area contributed by atoms with Gasteiger partial charge in [-0.25, -0.2) is 9.18 Å². The van der Waals surface area contributed by atoms with Crippen LogP contribution >= 0.6 is 23.4 Å². The molecule has 2 aromatic carbocycles. The smallest absolute Gasteiger partial charge is 0.319 e. The number of carbonyl (C=O) groups excluding carboxylic acids is 1. The van der Waals surface area contributed by atoms with Gasteiger partial charge in [-0.3, -0.25) is 0 Å². The van der Waals surface area contributed by atoms with Crippen molar-refractivity contribution >= 4 is 35.1 Å². The van der Waals surface area contributed by atoms with Crippen molar-refractivity contribution in [3.05, 3.63) is 52.8 Å². The number of ether oxygens (including phenoxy) is 1. The van der Waals surface area contributed by atoms with E-state index < -0.39 is 0 Å². The Labute approximate surface area is 148 Å². The van der Waals surface area contributed by atoms with Crippen LogP contribution < -0.4 is 15.4 Å². The summed E-state index contributed by atoms with van der Waals surface area (Å²) in [5.74, 6) is 1.11. The van der Waals surface area contributed by atoms with Crippen LogP contribution in [0.5, 0.6) is 5.75 Å². The molecule has 1 unspecified atom stereocenters. The van der Waals surface area contributed by atoms with Gasteiger partial charge in [-0.1, -0.05) is 11.6 Å². The van der Waals surface area contributed by atoms with Crippen LogP contribution in [0, 0.1) is 5.82 Å². The van der Waals surface area contributed by atoms with E-state index in [1.807, 2.05) is 0 Å². The second-order valence-electron chi connectivity index (χ2n) is 5.32. The Bertz CT molecular complexity index is 772. The number of halogens is 2. The van der Waals surface area contributed by atoms with Gasteiger partial charge in [0.25, 0.3) is 0 Å². The summed E-state index contributed by atoms with van der Waals surface area (Å²) in [6, 6.07) is 9.10. The van der Waals surface area contributed by atoms with Crippen LogP contribution in [0.15, 0.2) is 41.3 Å². The Morgan fingerprint density at radius 2 is 2.17 bits per heavy atom. The molecule has 0 spiro atoms. The van der Waals surface area contributed by atoms with Gasteiger partial charge in [-0.2, -0.15) is 0 Å². The van der Waals surface area contributed by atoms with E-state index in [2.05, 4.69) is 10.6 Å². The molecule has 1 aliphatic heterocycles. The highest BCUT2D eigenvalue weighted by Gasteiger charge is 2.23. The molecule has 1 atom stereocenters. The van der Waals surface area contributed by atoms with Gasteiger partial charge >= 0.3 is 6.03 Å². The summed E-state index contributed by atoms with van der Waals surface area (Å²) in [5.41, 5.74) is 1.37. The third-order valence-corrected chi connectivity index (χ3v) is 5.14. The summed E-state index contributed by atoms with van der Waals surface area (Å²) in [6.07, 6.45) is 0.748. The molecule has 0 aromatic heterocycles. The number of anilines is 1. The largest absolute Gasteiger partial charge is 0.495 e. The average Bonchev–Trinajstić information content (AvgIpc) is 2.55. The van der Waals surface area contributed by atoms with Gasteiger partial charge in [-0.05, 0) is 48.4 Å². The van der Waals surface area contributed by atoms with Crippen molar-refractivity contribution in [1.82, 2.24) is 5.32 Å². The first-order valence-corrected chi connectivity index (χ1v) is 8.76. The maximum Gasteiger partial charge on any atom is 0.319 e. The molecule has 126 valence electrons. The minimum Gasteiger partial charge on any atom is -0.495 e. The van der Waals surface area contributed by atoms with Crippen molar-refractivity contribution < 1.29 is 13.9 Å². The summed E-state index contributed by atoms with van der Waals surface area (Å²) >= 11 is 7.72. The number of hydrogen-bond donors (Lipinski definition) is 2. The zero-order valence-electron chi connectivity index (χ0n) is 12.9. The first-order chi connectivity index (χ1) is 11.6. The van der Waals surface area contributed by atoms with Crippen molar-refractivity contribution in [2.75, 3.05) is 18.2 Å². The fraction of sp³-hybridized carbons (Fsp3) is 0.235. The molecule has 7 heteroatoms. The van der Waals surface area contributed by atoms with Crippen LogP contribution in [0.1, 0.15) is 18.0 Å². The molecule has 4 nitrogen and oxygen atoms in total. The van der Waals surface area contributed by atoms with Crippen LogP contribution in [0.25, 0.3) is 0 Å².